The highest BCUT2D eigenvalue weighted by atomic mass is 19.4. The number of likely N-dealkylation sites (tertiary alicyclic amines) is 1. The molecule has 3 rings (SSSR count). The lowest BCUT2D eigenvalue weighted by molar-refractivity contribution is -0.148. The molecular formula is C22H30F3N3O3. The Balaban J connectivity index is 1.49. The second kappa shape index (κ2) is 9.48. The summed E-state index contributed by atoms with van der Waals surface area (Å²) >= 11 is 0. The quantitative estimate of drug-likeness (QED) is 0.571. The first kappa shape index (κ1) is 23.4. The summed E-state index contributed by atoms with van der Waals surface area (Å²) in [4.78, 5) is 16.7. The first-order valence-corrected chi connectivity index (χ1v) is 10.5. The van der Waals surface area contributed by atoms with Gasteiger partial charge < -0.3 is 20.1 Å². The van der Waals surface area contributed by atoms with Crippen LogP contribution in [0.15, 0.2) is 24.4 Å². The van der Waals surface area contributed by atoms with E-state index in [0.717, 1.165) is 30.2 Å². The van der Waals surface area contributed by atoms with Crippen LogP contribution in [0.1, 0.15) is 39.5 Å². The number of aliphatic hydroxyl groups is 1. The molecule has 1 aromatic heterocycles. The van der Waals surface area contributed by atoms with Gasteiger partial charge in [-0.3, -0.25) is 9.69 Å². The lowest BCUT2D eigenvalue weighted by Gasteiger charge is -2.32. The van der Waals surface area contributed by atoms with Crippen LogP contribution in [-0.4, -0.2) is 58.9 Å². The molecule has 0 atom stereocenters. The Labute approximate surface area is 179 Å². The summed E-state index contributed by atoms with van der Waals surface area (Å²) in [5.74, 6) is 0.744. The van der Waals surface area contributed by atoms with Crippen LogP contribution in [0, 0.1) is 5.92 Å². The van der Waals surface area contributed by atoms with E-state index in [-0.39, 0.29) is 12.3 Å². The van der Waals surface area contributed by atoms with Crippen molar-refractivity contribution in [2.24, 2.45) is 5.92 Å². The maximum Gasteiger partial charge on any atom is 0.401 e. The van der Waals surface area contributed by atoms with E-state index in [9.17, 15) is 23.1 Å². The number of carbonyl (C=O) groups is 1. The van der Waals surface area contributed by atoms with Crippen molar-refractivity contribution in [1.29, 1.82) is 0 Å². The largest absolute Gasteiger partial charge is 0.494 e. The number of nitrogens with zero attached hydrogens (tertiary/aromatic N) is 1. The molecule has 3 N–H and O–H groups in total. The van der Waals surface area contributed by atoms with Gasteiger partial charge in [0, 0.05) is 17.1 Å². The zero-order valence-electron chi connectivity index (χ0n) is 17.9. The molecule has 2 heterocycles. The number of aromatic nitrogens is 1. The van der Waals surface area contributed by atoms with Gasteiger partial charge in [-0.2, -0.15) is 13.2 Å². The minimum absolute atomic E-state index is 0.0162. The summed E-state index contributed by atoms with van der Waals surface area (Å²) in [5, 5.41) is 13.4. The summed E-state index contributed by atoms with van der Waals surface area (Å²) in [6.07, 6.45) is -0.176. The van der Waals surface area contributed by atoms with Crippen molar-refractivity contribution in [3.8, 4) is 5.75 Å². The summed E-state index contributed by atoms with van der Waals surface area (Å²) in [7, 11) is 0. The average molecular weight is 441 g/mol. The molecule has 0 saturated carbocycles. The van der Waals surface area contributed by atoms with Crippen molar-refractivity contribution >= 4 is 22.5 Å². The topological polar surface area (TPSA) is 77.6 Å². The van der Waals surface area contributed by atoms with Gasteiger partial charge in [-0.15, -0.1) is 0 Å². The van der Waals surface area contributed by atoms with E-state index in [1.54, 1.807) is 20.0 Å². The zero-order valence-corrected chi connectivity index (χ0v) is 17.9. The molecular weight excluding hydrogens is 411 g/mol. The minimum atomic E-state index is -4.14. The number of rotatable bonds is 8. The van der Waals surface area contributed by atoms with Gasteiger partial charge in [0.25, 0.3) is 0 Å². The molecule has 0 bridgehead atoms. The molecule has 2 aromatic rings. The van der Waals surface area contributed by atoms with Crippen LogP contribution >= 0.6 is 0 Å². The van der Waals surface area contributed by atoms with Crippen LogP contribution in [0.25, 0.3) is 10.9 Å². The third-order valence-corrected chi connectivity index (χ3v) is 5.43. The minimum Gasteiger partial charge on any atom is -0.494 e. The number of piperidine rings is 1. The number of alkyl halides is 3. The SMILES string of the molecule is CC(C)(O)CC(=O)Nc1c[nH]c2ccc(OCCC3CCN(CC(F)(F)F)CC3)cc12. The van der Waals surface area contributed by atoms with Crippen LogP contribution in [0.3, 0.4) is 0 Å². The molecule has 1 amide bonds. The van der Waals surface area contributed by atoms with E-state index in [4.69, 9.17) is 4.74 Å². The van der Waals surface area contributed by atoms with Gasteiger partial charge in [0.05, 0.1) is 30.9 Å². The molecule has 172 valence electrons. The second-order valence-corrected chi connectivity index (χ2v) is 8.92. The Morgan fingerprint density at radius 2 is 2.00 bits per heavy atom. The number of halogens is 3. The molecule has 1 aromatic carbocycles. The van der Waals surface area contributed by atoms with Crippen LogP contribution < -0.4 is 10.1 Å². The normalized spacial score (nSPS) is 16.6. The van der Waals surface area contributed by atoms with Crippen molar-refractivity contribution in [3.05, 3.63) is 24.4 Å². The Hall–Kier alpha value is -2.26. The molecule has 0 aliphatic carbocycles. The van der Waals surface area contributed by atoms with E-state index in [0.29, 0.717) is 37.1 Å². The highest BCUT2D eigenvalue weighted by Gasteiger charge is 2.32. The molecule has 1 fully saturated rings. The molecule has 31 heavy (non-hydrogen) atoms. The number of aromatic amines is 1. The molecule has 1 aliphatic heterocycles. The maximum absolute atomic E-state index is 12.5. The first-order valence-electron chi connectivity index (χ1n) is 10.5. The summed E-state index contributed by atoms with van der Waals surface area (Å²) in [5.41, 5.74) is 0.377. The molecule has 6 nitrogen and oxygen atoms in total. The summed E-state index contributed by atoms with van der Waals surface area (Å²) < 4.78 is 43.3. The molecule has 0 spiro atoms. The highest BCUT2D eigenvalue weighted by Crippen LogP contribution is 2.29. The lowest BCUT2D eigenvalue weighted by atomic mass is 9.94. The molecule has 1 aliphatic rings. The standard InChI is InChI=1S/C22H30F3N3O3/c1-21(2,30)12-20(29)27-19-13-26-18-4-3-16(11-17(18)19)31-10-7-15-5-8-28(9-6-15)14-22(23,24)25/h3-4,11,13,15,26,30H,5-10,12,14H2,1-2H3,(H,27,29). The fourth-order valence-electron chi connectivity index (χ4n) is 3.91. The second-order valence-electron chi connectivity index (χ2n) is 8.92. The fraction of sp³-hybridized carbons (Fsp3) is 0.591. The van der Waals surface area contributed by atoms with Gasteiger partial charge >= 0.3 is 6.18 Å². The molecule has 9 heteroatoms. The van der Waals surface area contributed by atoms with E-state index in [1.165, 1.54) is 4.90 Å². The Bertz CT molecular complexity index is 881. The van der Waals surface area contributed by atoms with Crippen LogP contribution in [0.4, 0.5) is 18.9 Å². The number of anilines is 1. The summed E-state index contributed by atoms with van der Waals surface area (Å²) in [6, 6.07) is 5.55. The van der Waals surface area contributed by atoms with Crippen molar-refractivity contribution in [3.63, 3.8) is 0 Å². The van der Waals surface area contributed by atoms with Crippen molar-refractivity contribution in [2.75, 3.05) is 31.6 Å². The summed E-state index contributed by atoms with van der Waals surface area (Å²) in [6.45, 7) is 3.74. The first-order chi connectivity index (χ1) is 14.5. The van der Waals surface area contributed by atoms with E-state index in [1.807, 2.05) is 18.2 Å². The predicted octanol–water partition coefficient (Wildman–Crippen LogP) is 4.31. The van der Waals surface area contributed by atoms with Gasteiger partial charge in [0.2, 0.25) is 5.91 Å². The van der Waals surface area contributed by atoms with Gasteiger partial charge in [0.15, 0.2) is 0 Å². The number of nitrogens with one attached hydrogen (secondary N) is 2. The zero-order chi connectivity index (χ0) is 22.6. The third-order valence-electron chi connectivity index (χ3n) is 5.43. The van der Waals surface area contributed by atoms with Crippen LogP contribution in [0.2, 0.25) is 0 Å². The lowest BCUT2D eigenvalue weighted by Crippen LogP contribution is -2.40. The predicted molar refractivity (Wildman–Crippen MR) is 113 cm³/mol. The maximum atomic E-state index is 12.5. The van der Waals surface area contributed by atoms with Gasteiger partial charge in [-0.1, -0.05) is 0 Å². The molecule has 0 unspecified atom stereocenters. The number of carbonyl (C=O) groups excluding carboxylic acids is 1. The molecule has 0 radical (unpaired) electrons. The average Bonchev–Trinajstić information content (AvgIpc) is 3.02. The van der Waals surface area contributed by atoms with Crippen molar-refractivity contribution in [2.45, 2.75) is 51.3 Å². The van der Waals surface area contributed by atoms with Gasteiger partial charge in [-0.05, 0) is 70.3 Å². The Morgan fingerprint density at radius 3 is 2.65 bits per heavy atom. The monoisotopic (exact) mass is 441 g/mol. The number of hydrogen-bond donors (Lipinski definition) is 3. The van der Waals surface area contributed by atoms with Crippen LogP contribution in [-0.2, 0) is 4.79 Å². The number of ether oxygens (including phenoxy) is 1. The van der Waals surface area contributed by atoms with E-state index < -0.39 is 18.3 Å². The smallest absolute Gasteiger partial charge is 0.401 e. The van der Waals surface area contributed by atoms with Gasteiger partial charge in [-0.25, -0.2) is 0 Å². The van der Waals surface area contributed by atoms with E-state index >= 15 is 0 Å². The number of hydrogen-bond acceptors (Lipinski definition) is 4. The van der Waals surface area contributed by atoms with E-state index in [2.05, 4.69) is 10.3 Å². The number of amides is 1. The third kappa shape index (κ3) is 7.43. The molecule has 1 saturated heterocycles. The fourth-order valence-corrected chi connectivity index (χ4v) is 3.91. The number of benzene rings is 1. The number of fused-ring (bicyclic) bond motifs is 1. The highest BCUT2D eigenvalue weighted by molar-refractivity contribution is 6.02. The van der Waals surface area contributed by atoms with Crippen molar-refractivity contribution < 1.29 is 27.8 Å². The Morgan fingerprint density at radius 1 is 1.29 bits per heavy atom. The number of H-pyrrole nitrogens is 1. The van der Waals surface area contributed by atoms with Crippen molar-refractivity contribution in [1.82, 2.24) is 9.88 Å². The van der Waals surface area contributed by atoms with Gasteiger partial charge in [0.1, 0.15) is 5.75 Å². The Kier molecular flexibility index (Phi) is 7.16. The van der Waals surface area contributed by atoms with Crippen LogP contribution in [0.5, 0.6) is 5.75 Å².